The Hall–Kier alpha value is -2.51. The minimum Gasteiger partial charge on any atom is -0.393 e. The molecule has 256 valence electrons. The van der Waals surface area contributed by atoms with Crippen molar-refractivity contribution in [1.82, 2.24) is 20.3 Å². The molecule has 1 heterocycles. The van der Waals surface area contributed by atoms with Crippen molar-refractivity contribution in [2.75, 3.05) is 0 Å². The van der Waals surface area contributed by atoms with Crippen LogP contribution in [0.25, 0.3) is 0 Å². The van der Waals surface area contributed by atoms with E-state index in [9.17, 15) is 15.0 Å². The number of benzene rings is 1. The molecular formula is C40H58N4O3. The predicted octanol–water partition coefficient (Wildman–Crippen LogP) is 7.08. The number of aromatic nitrogens is 3. The maximum Gasteiger partial charge on any atom is 0.229 e. The summed E-state index contributed by atoms with van der Waals surface area (Å²) in [6.45, 7) is 17.7. The lowest BCUT2D eigenvalue weighted by Gasteiger charge is -2.71. The normalized spacial score (nSPS) is 41.8. The number of fused-ring (bicyclic) bond motifs is 7. The number of hydrogen-bond acceptors (Lipinski definition) is 5. The number of hydrogen-bond donors (Lipinski definition) is 3. The highest BCUT2D eigenvalue weighted by molar-refractivity contribution is 5.85. The van der Waals surface area contributed by atoms with E-state index in [0.29, 0.717) is 37.8 Å². The van der Waals surface area contributed by atoms with Gasteiger partial charge < -0.3 is 15.5 Å². The average Bonchev–Trinajstić information content (AvgIpc) is 3.46. The number of allylic oxidation sites excluding steroid dienone is 2. The molecule has 1 aromatic heterocycles. The molecule has 0 saturated heterocycles. The lowest BCUT2D eigenvalue weighted by Crippen LogP contribution is -2.68. The van der Waals surface area contributed by atoms with Gasteiger partial charge in [-0.3, -0.25) is 4.79 Å². The Morgan fingerprint density at radius 2 is 1.66 bits per heavy atom. The van der Waals surface area contributed by atoms with Crippen LogP contribution in [0, 0.1) is 50.2 Å². The number of carbonyl (C=O) groups is 1. The third-order valence-electron chi connectivity index (χ3n) is 15.3. The van der Waals surface area contributed by atoms with Gasteiger partial charge in [-0.05, 0) is 108 Å². The van der Waals surface area contributed by atoms with Gasteiger partial charge in [-0.25, -0.2) is 4.68 Å². The Balaban J connectivity index is 1.18. The Morgan fingerprint density at radius 1 is 0.915 bits per heavy atom. The molecule has 7 rings (SSSR count). The van der Waals surface area contributed by atoms with Gasteiger partial charge in [0.15, 0.2) is 0 Å². The zero-order valence-corrected chi connectivity index (χ0v) is 29.9. The molecule has 2 aromatic rings. The fourth-order valence-corrected chi connectivity index (χ4v) is 12.3. The van der Waals surface area contributed by atoms with Gasteiger partial charge in [0.1, 0.15) is 5.69 Å². The summed E-state index contributed by atoms with van der Waals surface area (Å²) in [5.74, 6) is 0.935. The largest absolute Gasteiger partial charge is 0.393 e. The van der Waals surface area contributed by atoms with Gasteiger partial charge in [-0.15, -0.1) is 5.10 Å². The topological polar surface area (TPSA) is 100 Å². The molecule has 1 amide bonds. The Bertz CT molecular complexity index is 1550. The standard InChI is InChI=1S/C40H58N4O3/c1-35(2)19-20-40(34(47)41-23-27-25-44(43-42-27)24-26-11-9-8-10-12-26)29(21-35)28-13-14-31-37(5)17-16-32(45)36(3,4)30(37)15-18-38(31,6)39(28,7)22-33(40)46/h8-13,25,29-33,45-46H,14-24H2,1-7H3,(H,41,47)/t29?,30?,31?,32-,33+,37-,38+,39+,40+/m0/s1. The van der Waals surface area contributed by atoms with Crippen molar-refractivity contribution in [3.8, 4) is 0 Å². The van der Waals surface area contributed by atoms with E-state index < -0.39 is 11.5 Å². The number of nitrogens with zero attached hydrogens (tertiary/aromatic N) is 3. The van der Waals surface area contributed by atoms with Gasteiger partial charge in [-0.2, -0.15) is 0 Å². The van der Waals surface area contributed by atoms with Crippen LogP contribution in [0.5, 0.6) is 0 Å². The lowest BCUT2D eigenvalue weighted by molar-refractivity contribution is -0.215. The van der Waals surface area contributed by atoms with Gasteiger partial charge >= 0.3 is 0 Å². The first-order valence-corrected chi connectivity index (χ1v) is 18.3. The van der Waals surface area contributed by atoms with E-state index in [-0.39, 0.29) is 45.0 Å². The molecule has 5 aliphatic carbocycles. The van der Waals surface area contributed by atoms with E-state index in [1.165, 1.54) is 5.57 Å². The molecule has 47 heavy (non-hydrogen) atoms. The molecule has 5 aliphatic rings. The molecule has 0 aliphatic heterocycles. The maximum absolute atomic E-state index is 14.6. The number of aliphatic hydroxyl groups is 2. The van der Waals surface area contributed by atoms with Crippen LogP contribution in [-0.2, 0) is 17.9 Å². The number of aliphatic hydroxyl groups excluding tert-OH is 2. The molecule has 0 bridgehead atoms. The fourth-order valence-electron chi connectivity index (χ4n) is 12.3. The van der Waals surface area contributed by atoms with Crippen LogP contribution in [0.2, 0.25) is 0 Å². The highest BCUT2D eigenvalue weighted by Crippen LogP contribution is 2.75. The SMILES string of the molecule is CC1(C)CC[C@@]2(C(=O)NCc3cn(Cc4ccccc4)nn3)C(C1)C1=CCC3[C@@]4(C)CC[C@H](O)C(C)(C)C4CC[C@@]3(C)[C@]1(C)C[C@H]2O. The van der Waals surface area contributed by atoms with Crippen molar-refractivity contribution in [1.29, 1.82) is 0 Å². The van der Waals surface area contributed by atoms with E-state index in [1.807, 2.05) is 29.1 Å². The van der Waals surface area contributed by atoms with Crippen LogP contribution < -0.4 is 5.32 Å². The number of nitrogens with one attached hydrogen (secondary N) is 1. The summed E-state index contributed by atoms with van der Waals surface area (Å²) in [5.41, 5.74) is 2.44. The highest BCUT2D eigenvalue weighted by Gasteiger charge is 2.71. The minimum absolute atomic E-state index is 0.00156. The molecule has 4 saturated carbocycles. The molecule has 7 nitrogen and oxygen atoms in total. The average molecular weight is 643 g/mol. The molecule has 4 fully saturated rings. The predicted molar refractivity (Wildman–Crippen MR) is 184 cm³/mol. The number of carbonyl (C=O) groups excluding carboxylic acids is 1. The maximum atomic E-state index is 14.6. The smallest absolute Gasteiger partial charge is 0.229 e. The third kappa shape index (κ3) is 4.83. The van der Waals surface area contributed by atoms with E-state index >= 15 is 0 Å². The van der Waals surface area contributed by atoms with Crippen molar-refractivity contribution >= 4 is 5.91 Å². The molecule has 9 atom stereocenters. The van der Waals surface area contributed by atoms with E-state index in [4.69, 9.17) is 0 Å². The van der Waals surface area contributed by atoms with Crippen LogP contribution in [0.4, 0.5) is 0 Å². The second-order valence-corrected chi connectivity index (χ2v) is 18.4. The Kier molecular flexibility index (Phi) is 7.72. The second kappa shape index (κ2) is 11.0. The third-order valence-corrected chi connectivity index (χ3v) is 15.3. The van der Waals surface area contributed by atoms with Crippen LogP contribution >= 0.6 is 0 Å². The summed E-state index contributed by atoms with van der Waals surface area (Å²) in [6.07, 6.45) is 11.8. The monoisotopic (exact) mass is 642 g/mol. The summed E-state index contributed by atoms with van der Waals surface area (Å²) >= 11 is 0. The van der Waals surface area contributed by atoms with Crippen molar-refractivity contribution in [3.63, 3.8) is 0 Å². The minimum atomic E-state index is -0.845. The molecule has 0 radical (unpaired) electrons. The summed E-state index contributed by atoms with van der Waals surface area (Å²) in [6, 6.07) is 10.2. The molecule has 3 unspecified atom stereocenters. The van der Waals surface area contributed by atoms with Crippen molar-refractivity contribution in [2.45, 2.75) is 132 Å². The summed E-state index contributed by atoms with van der Waals surface area (Å²) in [5, 5.41) is 35.4. The Morgan fingerprint density at radius 3 is 2.40 bits per heavy atom. The van der Waals surface area contributed by atoms with Gasteiger partial charge in [0.2, 0.25) is 5.91 Å². The first-order chi connectivity index (χ1) is 22.1. The summed E-state index contributed by atoms with van der Waals surface area (Å²) in [4.78, 5) is 14.6. The summed E-state index contributed by atoms with van der Waals surface area (Å²) < 4.78 is 1.81. The molecule has 7 heteroatoms. The van der Waals surface area contributed by atoms with Gasteiger partial charge in [0.25, 0.3) is 0 Å². The van der Waals surface area contributed by atoms with Crippen LogP contribution in [0.15, 0.2) is 48.2 Å². The van der Waals surface area contributed by atoms with E-state index in [1.54, 1.807) is 0 Å². The van der Waals surface area contributed by atoms with Gasteiger partial charge in [0.05, 0.1) is 36.9 Å². The first-order valence-electron chi connectivity index (χ1n) is 18.3. The molecule has 0 spiro atoms. The van der Waals surface area contributed by atoms with Crippen molar-refractivity contribution < 1.29 is 15.0 Å². The molecule has 3 N–H and O–H groups in total. The van der Waals surface area contributed by atoms with Crippen LogP contribution in [0.1, 0.15) is 118 Å². The van der Waals surface area contributed by atoms with Crippen molar-refractivity contribution in [3.05, 3.63) is 59.4 Å². The van der Waals surface area contributed by atoms with E-state index in [2.05, 4.69) is 82.3 Å². The number of rotatable bonds is 5. The zero-order chi connectivity index (χ0) is 33.6. The van der Waals surface area contributed by atoms with Gasteiger partial charge in [-0.1, -0.05) is 95.7 Å². The van der Waals surface area contributed by atoms with Crippen LogP contribution in [0.3, 0.4) is 0 Å². The number of amides is 1. The van der Waals surface area contributed by atoms with Gasteiger partial charge in [0, 0.05) is 0 Å². The summed E-state index contributed by atoms with van der Waals surface area (Å²) in [7, 11) is 0. The highest BCUT2D eigenvalue weighted by atomic mass is 16.3. The molecular weight excluding hydrogens is 584 g/mol. The molecule has 1 aromatic carbocycles. The fraction of sp³-hybridized carbons (Fsp3) is 0.725. The van der Waals surface area contributed by atoms with Crippen LogP contribution in [-0.4, -0.2) is 43.3 Å². The van der Waals surface area contributed by atoms with E-state index in [0.717, 1.165) is 56.2 Å². The van der Waals surface area contributed by atoms with Crippen molar-refractivity contribution in [2.24, 2.45) is 50.2 Å². The first kappa shape index (κ1) is 33.0. The zero-order valence-electron chi connectivity index (χ0n) is 29.9. The lowest BCUT2D eigenvalue weighted by atomic mass is 9.33. The second-order valence-electron chi connectivity index (χ2n) is 18.4. The Labute approximate surface area is 282 Å². The quantitative estimate of drug-likeness (QED) is 0.303.